The summed E-state index contributed by atoms with van der Waals surface area (Å²) >= 11 is 1.49. The van der Waals surface area contributed by atoms with Crippen molar-refractivity contribution in [1.82, 2.24) is 14.7 Å². The molecule has 1 aromatic rings. The van der Waals surface area contributed by atoms with Gasteiger partial charge in [0.25, 0.3) is 0 Å². The fourth-order valence-electron chi connectivity index (χ4n) is 3.98. The molecule has 27 heavy (non-hydrogen) atoms. The zero-order chi connectivity index (χ0) is 18.8. The van der Waals surface area contributed by atoms with Gasteiger partial charge in [-0.2, -0.15) is 0 Å². The molecule has 2 amide bonds. The smallest absolute Gasteiger partial charge is 0.233 e. The Bertz CT molecular complexity index is 704. The lowest BCUT2D eigenvalue weighted by molar-refractivity contribution is -0.139. The molecule has 5 nitrogen and oxygen atoms in total. The molecule has 4 rings (SSSR count). The van der Waals surface area contributed by atoms with Crippen LogP contribution in [0.4, 0.5) is 4.39 Å². The molecule has 0 N–H and O–H groups in total. The first-order valence-electron chi connectivity index (χ1n) is 9.80. The summed E-state index contributed by atoms with van der Waals surface area (Å²) in [5.74, 6) is 0.816. The predicted octanol–water partition coefficient (Wildman–Crippen LogP) is 2.34. The van der Waals surface area contributed by atoms with Crippen molar-refractivity contribution in [2.75, 3.05) is 45.0 Å². The van der Waals surface area contributed by atoms with Gasteiger partial charge < -0.3 is 9.80 Å². The number of rotatable bonds is 5. The Kier molecular flexibility index (Phi) is 5.68. The first kappa shape index (κ1) is 18.7. The van der Waals surface area contributed by atoms with Gasteiger partial charge in [0.1, 0.15) is 11.2 Å². The second kappa shape index (κ2) is 8.19. The summed E-state index contributed by atoms with van der Waals surface area (Å²) in [4.78, 5) is 30.8. The number of carbonyl (C=O) groups excluding carboxylic acids is 2. The molecular formula is C20H26FN3O2S. The number of piperazine rings is 1. The summed E-state index contributed by atoms with van der Waals surface area (Å²) in [6.45, 7) is 4.60. The van der Waals surface area contributed by atoms with Crippen molar-refractivity contribution >= 4 is 23.6 Å². The van der Waals surface area contributed by atoms with E-state index in [1.165, 1.54) is 24.2 Å². The van der Waals surface area contributed by atoms with Crippen LogP contribution < -0.4 is 0 Å². The van der Waals surface area contributed by atoms with E-state index in [2.05, 4.69) is 4.90 Å². The molecule has 2 heterocycles. The summed E-state index contributed by atoms with van der Waals surface area (Å²) in [6.07, 6.45) is 3.28. The van der Waals surface area contributed by atoms with Gasteiger partial charge in [0.15, 0.2) is 0 Å². The summed E-state index contributed by atoms with van der Waals surface area (Å²) in [5, 5.41) is -0.236. The molecule has 3 fully saturated rings. The van der Waals surface area contributed by atoms with Gasteiger partial charge in [-0.25, -0.2) is 4.39 Å². The average Bonchev–Trinajstić information content (AvgIpc) is 3.00. The highest BCUT2D eigenvalue weighted by Gasteiger charge is 2.35. The Labute approximate surface area is 163 Å². The number of halogens is 1. The molecule has 1 aromatic carbocycles. The minimum absolute atomic E-state index is 0.0760. The Hall–Kier alpha value is -1.60. The first-order chi connectivity index (χ1) is 13.1. The zero-order valence-corrected chi connectivity index (χ0v) is 16.3. The maximum Gasteiger partial charge on any atom is 0.233 e. The molecule has 3 aliphatic rings. The second-order valence-electron chi connectivity index (χ2n) is 7.57. The topological polar surface area (TPSA) is 43.9 Å². The normalized spacial score (nSPS) is 24.3. The molecule has 0 bridgehead atoms. The third-order valence-corrected chi connectivity index (χ3v) is 7.17. The fourth-order valence-corrected chi connectivity index (χ4v) is 5.22. The Balaban J connectivity index is 1.30. The highest BCUT2D eigenvalue weighted by atomic mass is 32.2. The van der Waals surface area contributed by atoms with E-state index in [1.54, 1.807) is 17.0 Å². The lowest BCUT2D eigenvalue weighted by Crippen LogP contribution is -2.52. The van der Waals surface area contributed by atoms with Crippen LogP contribution in [-0.2, 0) is 9.59 Å². The van der Waals surface area contributed by atoms with Gasteiger partial charge in [-0.3, -0.25) is 14.5 Å². The number of benzene rings is 1. The molecule has 0 radical (unpaired) electrons. The van der Waals surface area contributed by atoms with E-state index in [9.17, 15) is 14.0 Å². The monoisotopic (exact) mass is 391 g/mol. The van der Waals surface area contributed by atoms with E-state index in [1.807, 2.05) is 11.0 Å². The standard InChI is InChI=1S/C20H26FN3O2S/c21-17-7-2-1-6-16(17)20-24(18(25)14-27-20)13-10-22-8-11-23(12-9-22)19(26)15-4-3-5-15/h1-2,6-7,15,20H,3-5,8-14H2. The predicted molar refractivity (Wildman–Crippen MR) is 104 cm³/mol. The summed E-state index contributed by atoms with van der Waals surface area (Å²) in [5.41, 5.74) is 0.587. The number of hydrogen-bond donors (Lipinski definition) is 0. The fraction of sp³-hybridized carbons (Fsp3) is 0.600. The van der Waals surface area contributed by atoms with Gasteiger partial charge in [0.2, 0.25) is 11.8 Å². The van der Waals surface area contributed by atoms with E-state index >= 15 is 0 Å². The summed E-state index contributed by atoms with van der Waals surface area (Å²) in [6, 6.07) is 6.71. The molecule has 1 unspecified atom stereocenters. The van der Waals surface area contributed by atoms with Crippen LogP contribution in [-0.4, -0.2) is 71.5 Å². The quantitative estimate of drug-likeness (QED) is 0.773. The lowest BCUT2D eigenvalue weighted by Gasteiger charge is -2.38. The molecule has 0 aromatic heterocycles. The van der Waals surface area contributed by atoms with Crippen molar-refractivity contribution < 1.29 is 14.0 Å². The van der Waals surface area contributed by atoms with Crippen molar-refractivity contribution in [3.8, 4) is 0 Å². The van der Waals surface area contributed by atoms with Gasteiger partial charge in [0.05, 0.1) is 5.75 Å². The maximum atomic E-state index is 14.2. The van der Waals surface area contributed by atoms with Crippen LogP contribution in [0.5, 0.6) is 0 Å². The molecule has 2 aliphatic heterocycles. The van der Waals surface area contributed by atoms with Gasteiger partial charge in [0, 0.05) is 50.7 Å². The van der Waals surface area contributed by atoms with Gasteiger partial charge >= 0.3 is 0 Å². The van der Waals surface area contributed by atoms with Crippen molar-refractivity contribution in [2.24, 2.45) is 5.92 Å². The number of nitrogens with zero attached hydrogens (tertiary/aromatic N) is 3. The Morgan fingerprint density at radius 1 is 1.11 bits per heavy atom. The minimum Gasteiger partial charge on any atom is -0.340 e. The number of thioether (sulfide) groups is 1. The van der Waals surface area contributed by atoms with Crippen LogP contribution in [0.2, 0.25) is 0 Å². The van der Waals surface area contributed by atoms with Crippen molar-refractivity contribution in [1.29, 1.82) is 0 Å². The first-order valence-corrected chi connectivity index (χ1v) is 10.8. The van der Waals surface area contributed by atoms with Crippen LogP contribution in [0, 0.1) is 11.7 Å². The second-order valence-corrected chi connectivity index (χ2v) is 8.64. The van der Waals surface area contributed by atoms with Gasteiger partial charge in [-0.1, -0.05) is 24.6 Å². The van der Waals surface area contributed by atoms with Crippen molar-refractivity contribution in [3.05, 3.63) is 35.6 Å². The van der Waals surface area contributed by atoms with E-state index in [0.717, 1.165) is 45.6 Å². The van der Waals surface area contributed by atoms with E-state index in [-0.39, 0.29) is 23.0 Å². The Morgan fingerprint density at radius 3 is 2.52 bits per heavy atom. The van der Waals surface area contributed by atoms with E-state index < -0.39 is 0 Å². The molecule has 1 aliphatic carbocycles. The largest absolute Gasteiger partial charge is 0.340 e. The SMILES string of the molecule is O=C(C1CCC1)N1CCN(CCN2C(=O)CSC2c2ccccc2F)CC1. The highest BCUT2D eigenvalue weighted by molar-refractivity contribution is 8.00. The number of amides is 2. The molecule has 0 spiro atoms. The van der Waals surface area contributed by atoms with Crippen molar-refractivity contribution in [2.45, 2.75) is 24.6 Å². The number of carbonyl (C=O) groups is 2. The summed E-state index contributed by atoms with van der Waals surface area (Å²) < 4.78 is 14.2. The van der Waals surface area contributed by atoms with Crippen LogP contribution in [0.3, 0.4) is 0 Å². The maximum absolute atomic E-state index is 14.2. The van der Waals surface area contributed by atoms with Crippen LogP contribution in [0.25, 0.3) is 0 Å². The summed E-state index contributed by atoms with van der Waals surface area (Å²) in [7, 11) is 0. The van der Waals surface area contributed by atoms with Crippen LogP contribution in [0.1, 0.15) is 30.2 Å². The van der Waals surface area contributed by atoms with E-state index in [4.69, 9.17) is 0 Å². The minimum atomic E-state index is -0.252. The van der Waals surface area contributed by atoms with Gasteiger partial charge in [-0.15, -0.1) is 11.8 Å². The highest BCUT2D eigenvalue weighted by Crippen LogP contribution is 2.39. The number of hydrogen-bond acceptors (Lipinski definition) is 4. The van der Waals surface area contributed by atoms with Crippen LogP contribution in [0.15, 0.2) is 24.3 Å². The van der Waals surface area contributed by atoms with Crippen molar-refractivity contribution in [3.63, 3.8) is 0 Å². The van der Waals surface area contributed by atoms with Gasteiger partial charge in [-0.05, 0) is 18.9 Å². The Morgan fingerprint density at radius 2 is 1.85 bits per heavy atom. The molecule has 146 valence electrons. The third-order valence-electron chi connectivity index (χ3n) is 5.93. The zero-order valence-electron chi connectivity index (χ0n) is 15.5. The molecule has 1 atom stereocenters. The molecule has 1 saturated carbocycles. The third kappa shape index (κ3) is 3.99. The lowest BCUT2D eigenvalue weighted by atomic mass is 9.84. The average molecular weight is 392 g/mol. The molecular weight excluding hydrogens is 365 g/mol. The van der Waals surface area contributed by atoms with E-state index in [0.29, 0.717) is 23.8 Å². The molecule has 2 saturated heterocycles. The van der Waals surface area contributed by atoms with Crippen LogP contribution >= 0.6 is 11.8 Å². The molecule has 7 heteroatoms.